The zero-order chi connectivity index (χ0) is 21.1. The number of piperazine rings is 1. The van der Waals surface area contributed by atoms with E-state index in [2.05, 4.69) is 5.10 Å². The van der Waals surface area contributed by atoms with Crippen LogP contribution in [0.4, 0.5) is 0 Å². The van der Waals surface area contributed by atoms with Crippen LogP contribution in [0.1, 0.15) is 29.9 Å². The molecule has 2 aromatic carbocycles. The zero-order valence-corrected chi connectivity index (χ0v) is 17.4. The molecule has 0 N–H and O–H groups in total. The molecule has 4 rings (SSSR count). The summed E-state index contributed by atoms with van der Waals surface area (Å²) in [6.45, 7) is 5.98. The molecule has 0 aliphatic carbocycles. The fourth-order valence-corrected chi connectivity index (χ4v) is 3.81. The molecule has 0 unspecified atom stereocenters. The maximum absolute atomic E-state index is 13.1. The van der Waals surface area contributed by atoms with Gasteiger partial charge >= 0.3 is 0 Å². The van der Waals surface area contributed by atoms with Crippen molar-refractivity contribution >= 4 is 11.8 Å². The van der Waals surface area contributed by atoms with Crippen molar-refractivity contribution in [2.45, 2.75) is 19.3 Å². The van der Waals surface area contributed by atoms with Crippen LogP contribution in [-0.2, 0) is 10.2 Å². The van der Waals surface area contributed by atoms with Crippen LogP contribution in [0, 0.1) is 0 Å². The van der Waals surface area contributed by atoms with Gasteiger partial charge in [0.1, 0.15) is 0 Å². The maximum Gasteiger partial charge on any atom is 0.274 e. The molecule has 1 aromatic heterocycles. The summed E-state index contributed by atoms with van der Waals surface area (Å²) in [4.78, 5) is 29.7. The lowest BCUT2D eigenvalue weighted by Crippen LogP contribution is -2.54. The van der Waals surface area contributed by atoms with Crippen LogP contribution in [0.3, 0.4) is 0 Å². The lowest BCUT2D eigenvalue weighted by Gasteiger charge is -2.38. The van der Waals surface area contributed by atoms with Crippen LogP contribution in [-0.4, -0.2) is 57.6 Å². The van der Waals surface area contributed by atoms with Crippen molar-refractivity contribution in [1.82, 2.24) is 19.6 Å². The summed E-state index contributed by atoms with van der Waals surface area (Å²) in [7, 11) is 0. The smallest absolute Gasteiger partial charge is 0.274 e. The van der Waals surface area contributed by atoms with Crippen molar-refractivity contribution < 1.29 is 9.59 Å². The molecule has 0 spiro atoms. The molecule has 1 aliphatic heterocycles. The van der Waals surface area contributed by atoms with Gasteiger partial charge in [0.05, 0.1) is 11.1 Å². The molecular weight excluding hydrogens is 376 g/mol. The third-order valence-corrected chi connectivity index (χ3v) is 5.71. The first kappa shape index (κ1) is 19.9. The van der Waals surface area contributed by atoms with Gasteiger partial charge in [-0.25, -0.2) is 4.68 Å². The van der Waals surface area contributed by atoms with Gasteiger partial charge < -0.3 is 9.80 Å². The van der Waals surface area contributed by atoms with Crippen LogP contribution < -0.4 is 0 Å². The van der Waals surface area contributed by atoms with Crippen molar-refractivity contribution in [2.75, 3.05) is 26.2 Å². The topological polar surface area (TPSA) is 58.4 Å². The van der Waals surface area contributed by atoms with Gasteiger partial charge in [0, 0.05) is 32.4 Å². The minimum atomic E-state index is -0.595. The van der Waals surface area contributed by atoms with E-state index in [-0.39, 0.29) is 11.8 Å². The molecule has 1 fully saturated rings. The number of hydrogen-bond acceptors (Lipinski definition) is 3. The van der Waals surface area contributed by atoms with E-state index in [4.69, 9.17) is 0 Å². The molecule has 0 saturated carbocycles. The van der Waals surface area contributed by atoms with Gasteiger partial charge in [-0.3, -0.25) is 9.59 Å². The van der Waals surface area contributed by atoms with Crippen molar-refractivity contribution in [2.24, 2.45) is 0 Å². The minimum absolute atomic E-state index is 0.0918. The summed E-state index contributed by atoms with van der Waals surface area (Å²) < 4.78 is 1.70. The third kappa shape index (κ3) is 3.85. The second-order valence-electron chi connectivity index (χ2n) is 8.06. The Morgan fingerprint density at radius 2 is 1.37 bits per heavy atom. The average molecular weight is 402 g/mol. The summed E-state index contributed by atoms with van der Waals surface area (Å²) in [6, 6.07) is 21.3. The Bertz CT molecular complexity index is 1020. The molecule has 1 aliphatic rings. The highest BCUT2D eigenvalue weighted by molar-refractivity contribution is 5.93. The second-order valence-corrected chi connectivity index (χ2v) is 8.06. The SMILES string of the molecule is CC(C)(C(=O)N1CCN(C(=O)c2ccn(-c3ccccc3)n2)CC1)c1ccccc1. The quantitative estimate of drug-likeness (QED) is 0.674. The monoisotopic (exact) mass is 402 g/mol. The van der Waals surface area contributed by atoms with E-state index in [0.29, 0.717) is 31.9 Å². The largest absolute Gasteiger partial charge is 0.338 e. The van der Waals surface area contributed by atoms with E-state index < -0.39 is 5.41 Å². The highest BCUT2D eigenvalue weighted by Crippen LogP contribution is 2.26. The van der Waals surface area contributed by atoms with Gasteiger partial charge in [-0.1, -0.05) is 48.5 Å². The number of carbonyl (C=O) groups excluding carboxylic acids is 2. The first-order valence-electron chi connectivity index (χ1n) is 10.2. The number of hydrogen-bond donors (Lipinski definition) is 0. The lowest BCUT2D eigenvalue weighted by molar-refractivity contribution is -0.137. The van der Waals surface area contributed by atoms with Crippen molar-refractivity contribution in [1.29, 1.82) is 0 Å². The van der Waals surface area contributed by atoms with Crippen molar-refractivity contribution in [3.8, 4) is 5.69 Å². The molecular formula is C24H26N4O2. The Morgan fingerprint density at radius 3 is 2.00 bits per heavy atom. The third-order valence-electron chi connectivity index (χ3n) is 5.71. The van der Waals surface area contributed by atoms with Crippen LogP contribution in [0.15, 0.2) is 72.9 Å². The molecule has 6 nitrogen and oxygen atoms in total. The molecule has 1 saturated heterocycles. The van der Waals surface area contributed by atoms with Crippen molar-refractivity contribution in [3.63, 3.8) is 0 Å². The maximum atomic E-state index is 13.1. The van der Waals surface area contributed by atoms with E-state index in [0.717, 1.165) is 11.3 Å². The van der Waals surface area contributed by atoms with E-state index in [9.17, 15) is 9.59 Å². The number of amides is 2. The van der Waals surface area contributed by atoms with Gasteiger partial charge in [0.25, 0.3) is 5.91 Å². The van der Waals surface area contributed by atoms with Crippen LogP contribution in [0.25, 0.3) is 5.69 Å². The minimum Gasteiger partial charge on any atom is -0.338 e. The summed E-state index contributed by atoms with van der Waals surface area (Å²) >= 11 is 0. The molecule has 0 bridgehead atoms. The average Bonchev–Trinajstić information content (AvgIpc) is 3.30. The summed E-state index contributed by atoms with van der Waals surface area (Å²) in [6.07, 6.45) is 1.80. The Hall–Kier alpha value is -3.41. The molecule has 30 heavy (non-hydrogen) atoms. The van der Waals surface area contributed by atoms with Gasteiger partial charge in [0.2, 0.25) is 5.91 Å². The van der Waals surface area contributed by atoms with E-state index in [1.54, 1.807) is 21.8 Å². The highest BCUT2D eigenvalue weighted by Gasteiger charge is 2.35. The van der Waals surface area contributed by atoms with Gasteiger partial charge in [-0.15, -0.1) is 0 Å². The zero-order valence-electron chi connectivity index (χ0n) is 17.4. The Balaban J connectivity index is 1.39. The number of benzene rings is 2. The first-order chi connectivity index (χ1) is 14.5. The Kier molecular flexibility index (Phi) is 5.40. The second kappa shape index (κ2) is 8.14. The summed E-state index contributed by atoms with van der Waals surface area (Å²) in [5.41, 5.74) is 1.74. The van der Waals surface area contributed by atoms with Crippen molar-refractivity contribution in [3.05, 3.63) is 84.2 Å². The van der Waals surface area contributed by atoms with Gasteiger partial charge in [0.15, 0.2) is 5.69 Å². The molecule has 0 atom stereocenters. The number of rotatable bonds is 4. The molecule has 3 aromatic rings. The molecule has 154 valence electrons. The fraction of sp³-hybridized carbons (Fsp3) is 0.292. The Morgan fingerprint density at radius 1 is 0.800 bits per heavy atom. The van der Waals surface area contributed by atoms with Gasteiger partial charge in [-0.05, 0) is 37.6 Å². The summed E-state index contributed by atoms with van der Waals surface area (Å²) in [5.74, 6) is -0.00625. The lowest BCUT2D eigenvalue weighted by atomic mass is 9.83. The van der Waals surface area contributed by atoms with E-state index in [1.165, 1.54) is 0 Å². The van der Waals surface area contributed by atoms with E-state index in [1.807, 2.05) is 79.4 Å². The number of nitrogens with zero attached hydrogens (tertiary/aromatic N) is 4. The van der Waals surface area contributed by atoms with Crippen LogP contribution in [0.5, 0.6) is 0 Å². The number of aromatic nitrogens is 2. The van der Waals surface area contributed by atoms with Gasteiger partial charge in [-0.2, -0.15) is 5.10 Å². The first-order valence-corrected chi connectivity index (χ1v) is 10.2. The van der Waals surface area contributed by atoms with Crippen LogP contribution >= 0.6 is 0 Å². The normalized spacial score (nSPS) is 14.6. The number of carbonyl (C=O) groups is 2. The van der Waals surface area contributed by atoms with E-state index >= 15 is 0 Å². The fourth-order valence-electron chi connectivity index (χ4n) is 3.81. The molecule has 2 amide bonds. The molecule has 6 heteroatoms. The molecule has 0 radical (unpaired) electrons. The number of para-hydroxylation sites is 1. The standard InChI is InChI=1S/C24H26N4O2/c1-24(2,19-9-5-3-6-10-19)23(30)27-17-15-26(16-18-27)22(29)21-13-14-28(25-21)20-11-7-4-8-12-20/h3-14H,15-18H2,1-2H3. The summed E-state index contributed by atoms with van der Waals surface area (Å²) in [5, 5.41) is 4.43. The predicted molar refractivity (Wildman–Crippen MR) is 116 cm³/mol. The molecule has 2 heterocycles. The Labute approximate surface area is 176 Å². The van der Waals surface area contributed by atoms with Crippen LogP contribution in [0.2, 0.25) is 0 Å². The predicted octanol–water partition coefficient (Wildman–Crippen LogP) is 3.13. The highest BCUT2D eigenvalue weighted by atomic mass is 16.2.